The molecule has 4 aromatic rings. The molecule has 0 bridgehead atoms. The van der Waals surface area contributed by atoms with Gasteiger partial charge in [-0.2, -0.15) is 0 Å². The minimum atomic E-state index is -4.30. The normalized spacial score (nSPS) is 10.5. The molecule has 4 rings (SSSR count). The highest BCUT2D eigenvalue weighted by molar-refractivity contribution is 7.46. The monoisotopic (exact) mass is 724 g/mol. The van der Waals surface area contributed by atoms with Gasteiger partial charge in [0.2, 0.25) is 0 Å². The molecule has 12 heteroatoms. The Morgan fingerprint density at radius 1 is 0.583 bits per heavy atom. The van der Waals surface area contributed by atoms with Gasteiger partial charge in [0.15, 0.2) is 0 Å². The maximum Gasteiger partial charge on any atom is 0.469 e. The Hall–Kier alpha value is -2.95. The molecule has 5 N–H and O–H groups in total. The molecule has 48 heavy (non-hydrogen) atoms. The quantitative estimate of drug-likeness (QED) is 0.0635. The summed E-state index contributed by atoms with van der Waals surface area (Å²) in [6.07, 6.45) is 4.25. The standard InChI is InChI=1S/2C12H9ClO.C6H15O5P.C6H14O2/c2*13-11-8-10(6-7-12(11)14)9-4-2-1-3-5-9;1-2-3-4-10-5-6-11-12(7,8)9;1-2-3-5-8-6-4-7/h2*1-8,14H;2-6H2,1H3,(H2,7,8,9);7H,2-6H2,1H3. The Balaban J connectivity index is 0.000000327. The van der Waals surface area contributed by atoms with Crippen molar-refractivity contribution in [2.24, 2.45) is 0 Å². The van der Waals surface area contributed by atoms with E-state index >= 15 is 0 Å². The highest BCUT2D eigenvalue weighted by Crippen LogP contribution is 2.35. The molecule has 264 valence electrons. The second kappa shape index (κ2) is 26.0. The van der Waals surface area contributed by atoms with Crippen molar-refractivity contribution >= 4 is 31.0 Å². The number of hydrogen-bond acceptors (Lipinski definition) is 7. The van der Waals surface area contributed by atoms with Gasteiger partial charge >= 0.3 is 7.82 Å². The lowest BCUT2D eigenvalue weighted by atomic mass is 10.1. The minimum Gasteiger partial charge on any atom is -0.506 e. The van der Waals surface area contributed by atoms with Crippen LogP contribution in [0.25, 0.3) is 22.3 Å². The van der Waals surface area contributed by atoms with Gasteiger partial charge in [-0.25, -0.2) is 4.57 Å². The van der Waals surface area contributed by atoms with Crippen LogP contribution in [-0.4, -0.2) is 64.7 Å². The lowest BCUT2D eigenvalue weighted by molar-refractivity contribution is 0.0839. The molecule has 0 atom stereocenters. The van der Waals surface area contributed by atoms with Crippen molar-refractivity contribution in [1.29, 1.82) is 0 Å². The first-order chi connectivity index (χ1) is 23.0. The van der Waals surface area contributed by atoms with E-state index in [1.54, 1.807) is 24.3 Å². The minimum absolute atomic E-state index is 0.0615. The Bertz CT molecular complexity index is 1350. The SMILES string of the molecule is CCCCOCCO.CCCCOCCOP(=O)(O)O.Oc1ccc(-c2ccccc2)cc1Cl.Oc1ccc(-c2ccccc2)cc1Cl. The summed E-state index contributed by atoms with van der Waals surface area (Å²) in [5.41, 5.74) is 4.20. The third-order valence-corrected chi connectivity index (χ3v) is 7.24. The van der Waals surface area contributed by atoms with Crippen molar-refractivity contribution in [3.05, 3.63) is 107 Å². The molecule has 0 saturated heterocycles. The second-order valence-corrected chi connectivity index (χ2v) is 12.1. The molecule has 4 aromatic carbocycles. The number of halogens is 2. The van der Waals surface area contributed by atoms with E-state index in [9.17, 15) is 14.8 Å². The van der Waals surface area contributed by atoms with Crippen molar-refractivity contribution in [2.45, 2.75) is 39.5 Å². The van der Waals surface area contributed by atoms with Gasteiger partial charge in [-0.3, -0.25) is 4.52 Å². The number of phosphoric acid groups is 1. The van der Waals surface area contributed by atoms with Crippen molar-refractivity contribution in [1.82, 2.24) is 0 Å². The smallest absolute Gasteiger partial charge is 0.469 e. The van der Waals surface area contributed by atoms with E-state index in [0.717, 1.165) is 54.5 Å². The van der Waals surface area contributed by atoms with Gasteiger partial charge in [-0.15, -0.1) is 0 Å². The van der Waals surface area contributed by atoms with Gasteiger partial charge in [0.05, 0.1) is 36.5 Å². The summed E-state index contributed by atoms with van der Waals surface area (Å²) >= 11 is 11.6. The van der Waals surface area contributed by atoms with Crippen molar-refractivity contribution in [3.8, 4) is 33.8 Å². The summed E-state index contributed by atoms with van der Waals surface area (Å²) in [7, 11) is -4.30. The van der Waals surface area contributed by atoms with Gasteiger partial charge in [0, 0.05) is 13.2 Å². The van der Waals surface area contributed by atoms with Crippen LogP contribution in [0.1, 0.15) is 39.5 Å². The number of unbranched alkanes of at least 4 members (excludes halogenated alkanes) is 2. The number of aromatic hydroxyl groups is 2. The predicted molar refractivity (Wildman–Crippen MR) is 194 cm³/mol. The van der Waals surface area contributed by atoms with Crippen molar-refractivity contribution < 1.29 is 43.7 Å². The molecule has 0 aliphatic rings. The van der Waals surface area contributed by atoms with Crippen LogP contribution in [0.5, 0.6) is 11.5 Å². The van der Waals surface area contributed by atoms with Gasteiger partial charge < -0.3 is 34.6 Å². The largest absolute Gasteiger partial charge is 0.506 e. The second-order valence-electron chi connectivity index (χ2n) is 10.0. The molecule has 9 nitrogen and oxygen atoms in total. The summed E-state index contributed by atoms with van der Waals surface area (Å²) in [6.45, 7) is 6.35. The first-order valence-corrected chi connectivity index (χ1v) is 17.8. The summed E-state index contributed by atoms with van der Waals surface area (Å²) in [4.78, 5) is 16.5. The van der Waals surface area contributed by atoms with Crippen LogP contribution in [-0.2, 0) is 18.6 Å². The Morgan fingerprint density at radius 3 is 1.35 bits per heavy atom. The zero-order chi connectivity index (χ0) is 35.6. The molecule has 0 heterocycles. The summed E-state index contributed by atoms with van der Waals surface area (Å²) in [5, 5.41) is 27.5. The van der Waals surface area contributed by atoms with Crippen LogP contribution in [0.15, 0.2) is 97.1 Å². The maximum absolute atomic E-state index is 10.1. The topological polar surface area (TPSA) is 146 Å². The number of aliphatic hydroxyl groups is 1. The van der Waals surface area contributed by atoms with Crippen LogP contribution < -0.4 is 0 Å². The fourth-order valence-electron chi connectivity index (χ4n) is 3.61. The molecule has 0 spiro atoms. The van der Waals surface area contributed by atoms with Crippen molar-refractivity contribution in [3.63, 3.8) is 0 Å². The molecule has 0 unspecified atom stereocenters. The third-order valence-electron chi connectivity index (χ3n) is 6.12. The number of phenolic OH excluding ortho intramolecular Hbond substituents is 2. The molecule has 0 saturated carbocycles. The predicted octanol–water partition coefficient (Wildman–Crippen LogP) is 9.13. The Kier molecular flexibility index (Phi) is 23.3. The average Bonchev–Trinajstić information content (AvgIpc) is 3.08. The highest BCUT2D eigenvalue weighted by atomic mass is 35.5. The number of phenols is 2. The number of ether oxygens (including phenoxy) is 2. The number of benzene rings is 4. The van der Waals surface area contributed by atoms with Gasteiger partial charge in [0.1, 0.15) is 11.5 Å². The zero-order valence-corrected chi connectivity index (χ0v) is 29.8. The summed E-state index contributed by atoms with van der Waals surface area (Å²) < 4.78 is 24.3. The lowest BCUT2D eigenvalue weighted by Gasteiger charge is -2.05. The van der Waals surface area contributed by atoms with E-state index in [2.05, 4.69) is 11.4 Å². The summed E-state index contributed by atoms with van der Waals surface area (Å²) in [6, 6.07) is 30.2. The zero-order valence-electron chi connectivity index (χ0n) is 27.4. The third kappa shape index (κ3) is 20.4. The maximum atomic E-state index is 10.1. The van der Waals surface area contributed by atoms with Gasteiger partial charge in [-0.1, -0.05) is 123 Å². The fourth-order valence-corrected chi connectivity index (χ4v) is 4.28. The number of aliphatic hydroxyl groups excluding tert-OH is 1. The molecule has 0 fully saturated rings. The fraction of sp³-hybridized carbons (Fsp3) is 0.333. The Morgan fingerprint density at radius 2 is 1.00 bits per heavy atom. The molecule has 0 amide bonds. The number of phosphoric ester groups is 1. The molecule has 0 aromatic heterocycles. The highest BCUT2D eigenvalue weighted by Gasteiger charge is 2.12. The molecular formula is C36H47Cl2O9P. The van der Waals surface area contributed by atoms with E-state index in [4.69, 9.17) is 47.6 Å². The van der Waals surface area contributed by atoms with E-state index < -0.39 is 7.82 Å². The van der Waals surface area contributed by atoms with E-state index in [-0.39, 0.29) is 31.3 Å². The van der Waals surface area contributed by atoms with Crippen LogP contribution in [0.3, 0.4) is 0 Å². The van der Waals surface area contributed by atoms with Crippen LogP contribution >= 0.6 is 31.0 Å². The summed E-state index contributed by atoms with van der Waals surface area (Å²) in [5.74, 6) is 0.234. The van der Waals surface area contributed by atoms with Crippen LogP contribution in [0, 0.1) is 0 Å². The number of hydrogen-bond donors (Lipinski definition) is 5. The van der Waals surface area contributed by atoms with Crippen molar-refractivity contribution in [2.75, 3.05) is 39.6 Å². The molecule has 0 aliphatic heterocycles. The first kappa shape index (κ1) is 43.1. The van der Waals surface area contributed by atoms with Crippen LogP contribution in [0.2, 0.25) is 10.0 Å². The van der Waals surface area contributed by atoms with Gasteiger partial charge in [0.25, 0.3) is 0 Å². The lowest BCUT2D eigenvalue weighted by Crippen LogP contribution is -2.03. The van der Waals surface area contributed by atoms with Gasteiger partial charge in [-0.05, 0) is 59.4 Å². The van der Waals surface area contributed by atoms with E-state index in [1.807, 2.05) is 79.7 Å². The molecule has 0 aliphatic carbocycles. The average molecular weight is 726 g/mol. The van der Waals surface area contributed by atoms with E-state index in [0.29, 0.717) is 23.3 Å². The molecular weight excluding hydrogens is 678 g/mol. The van der Waals surface area contributed by atoms with E-state index in [1.165, 1.54) is 0 Å². The van der Waals surface area contributed by atoms with Crippen LogP contribution in [0.4, 0.5) is 0 Å². The first-order valence-electron chi connectivity index (χ1n) is 15.6. The Labute approximate surface area is 293 Å². The number of rotatable bonds is 14. The molecule has 0 radical (unpaired) electrons.